The summed E-state index contributed by atoms with van der Waals surface area (Å²) < 4.78 is 48.3. The lowest BCUT2D eigenvalue weighted by molar-refractivity contribution is 0.0122. The average molecular weight is 934 g/mol. The third-order valence-corrected chi connectivity index (χ3v) is 21.6. The number of halogens is 1. The minimum Gasteiger partial charge on any atom is -0.468 e. The lowest BCUT2D eigenvalue weighted by Crippen LogP contribution is -2.57. The number of carbonyl (C=O) groups is 1. The van der Waals surface area contributed by atoms with Crippen molar-refractivity contribution in [3.05, 3.63) is 53.3 Å². The molecule has 5 aliphatic rings. The van der Waals surface area contributed by atoms with Gasteiger partial charge in [-0.1, -0.05) is 59.6 Å². The fourth-order valence-corrected chi connectivity index (χ4v) is 16.9. The van der Waals surface area contributed by atoms with E-state index in [2.05, 4.69) is 81.0 Å². The Morgan fingerprint density at radius 1 is 0.940 bits per heavy atom. The van der Waals surface area contributed by atoms with E-state index in [9.17, 15) is 4.79 Å². The first-order valence-corrected chi connectivity index (χ1v) is 27.2. The summed E-state index contributed by atoms with van der Waals surface area (Å²) in [6.07, 6.45) is 5.45. The predicted octanol–water partition coefficient (Wildman–Crippen LogP) is 11.1. The molecule has 4 heterocycles. The Bertz CT molecular complexity index is 2520. The smallest absolute Gasteiger partial charge is 0.410 e. The van der Waals surface area contributed by atoms with Gasteiger partial charge in [0.25, 0.3) is 0 Å². The van der Waals surface area contributed by atoms with E-state index in [0.29, 0.717) is 58.8 Å². The van der Waals surface area contributed by atoms with Crippen LogP contribution in [0.25, 0.3) is 32.8 Å². The van der Waals surface area contributed by atoms with Crippen LogP contribution in [0.3, 0.4) is 0 Å². The SMILES string of the molecule is COCOc1cc(-c2c(C3CC3)cc3c(N4CC5CCC(C4)N5C(=O)OC(C)(C)C)nc(OCC4(CN5CCOCC5)CC4)nc3c2F)c2c(C#C[Si](C(C)C)(C(C)C)C(C)C)cccc2c1. The van der Waals surface area contributed by atoms with Crippen LogP contribution in [0.2, 0.25) is 16.6 Å². The first-order valence-electron chi connectivity index (χ1n) is 25.0. The number of morpholine rings is 1. The van der Waals surface area contributed by atoms with Gasteiger partial charge in [-0.05, 0) is 123 Å². The normalized spacial score (nSPS) is 20.8. The van der Waals surface area contributed by atoms with Crippen LogP contribution in [0.4, 0.5) is 15.0 Å². The van der Waals surface area contributed by atoms with Crippen LogP contribution in [-0.2, 0) is 14.2 Å². The van der Waals surface area contributed by atoms with Crippen molar-refractivity contribution in [1.82, 2.24) is 19.8 Å². The van der Waals surface area contributed by atoms with Crippen LogP contribution in [0.15, 0.2) is 36.4 Å². The number of ether oxygens (including phenoxy) is 5. The van der Waals surface area contributed by atoms with Crippen molar-refractivity contribution in [2.75, 3.05) is 71.3 Å². The molecule has 2 aliphatic carbocycles. The number of fused-ring (bicyclic) bond motifs is 4. The Morgan fingerprint density at radius 2 is 1.63 bits per heavy atom. The number of benzene rings is 3. The molecule has 9 rings (SSSR count). The number of hydrogen-bond acceptors (Lipinski definition) is 10. The average Bonchev–Trinajstić information content (AvgIpc) is 4.23. The molecule has 3 aliphatic heterocycles. The zero-order valence-corrected chi connectivity index (χ0v) is 42.6. The van der Waals surface area contributed by atoms with Gasteiger partial charge in [-0.25, -0.2) is 9.18 Å². The number of rotatable bonds is 14. The Balaban J connectivity index is 1.21. The molecule has 67 heavy (non-hydrogen) atoms. The lowest BCUT2D eigenvalue weighted by atomic mass is 9.88. The monoisotopic (exact) mass is 934 g/mol. The third kappa shape index (κ3) is 9.62. The number of aromatic nitrogens is 2. The van der Waals surface area contributed by atoms with Crippen molar-refractivity contribution < 1.29 is 32.9 Å². The molecule has 3 aromatic carbocycles. The van der Waals surface area contributed by atoms with E-state index in [1.54, 1.807) is 7.11 Å². The standard InChI is InChI=1S/C54H72FN5O6Si/c1-34(2)67(35(3)4,36(5)6)25-18-38-12-11-13-39-26-42(65-33-62-10)27-44(46(38)39)47-43(37-14-15-37)28-45-49(48(47)55)56-51(64-32-54(19-20-54)31-58-21-23-63-24-22-58)57-50(45)59-29-40-16-17-41(30-59)60(40)52(61)66-53(7,8)9/h11-13,26-28,34-37,40-41H,14-17,19-24,29-33H2,1-10H3. The van der Waals surface area contributed by atoms with Gasteiger partial charge < -0.3 is 28.6 Å². The number of piperazine rings is 1. The largest absolute Gasteiger partial charge is 0.468 e. The van der Waals surface area contributed by atoms with E-state index in [4.69, 9.17) is 33.7 Å². The van der Waals surface area contributed by atoms with E-state index >= 15 is 4.39 Å². The molecule has 3 saturated heterocycles. The summed E-state index contributed by atoms with van der Waals surface area (Å²) in [5.41, 5.74) is 8.02. The fraction of sp³-hybridized carbons (Fsp3) is 0.611. The molecule has 0 N–H and O–H groups in total. The Hall–Kier alpha value is -4.48. The second-order valence-electron chi connectivity index (χ2n) is 22.1. The van der Waals surface area contributed by atoms with Crippen molar-refractivity contribution in [2.45, 2.75) is 141 Å². The lowest BCUT2D eigenvalue weighted by Gasteiger charge is -2.42. The zero-order valence-electron chi connectivity index (χ0n) is 41.6. The number of hydrogen-bond donors (Lipinski definition) is 0. The van der Waals surface area contributed by atoms with Gasteiger partial charge in [0, 0.05) is 67.1 Å². The van der Waals surface area contributed by atoms with Crippen molar-refractivity contribution in [2.24, 2.45) is 5.41 Å². The zero-order chi connectivity index (χ0) is 47.4. The number of amides is 1. The number of nitrogens with zero attached hydrogens (tertiary/aromatic N) is 5. The highest BCUT2D eigenvalue weighted by Crippen LogP contribution is 2.51. The van der Waals surface area contributed by atoms with Crippen LogP contribution in [0.5, 0.6) is 11.8 Å². The molecule has 0 radical (unpaired) electrons. The summed E-state index contributed by atoms with van der Waals surface area (Å²) in [4.78, 5) is 30.5. The Labute approximate surface area is 398 Å². The summed E-state index contributed by atoms with van der Waals surface area (Å²) in [5, 5.41) is 2.48. The minimum absolute atomic E-state index is 0.00630. The summed E-state index contributed by atoms with van der Waals surface area (Å²) >= 11 is 0. The summed E-state index contributed by atoms with van der Waals surface area (Å²) in [5.74, 6) is 4.75. The van der Waals surface area contributed by atoms with Gasteiger partial charge in [0.2, 0.25) is 0 Å². The molecule has 5 fully saturated rings. The molecular weight excluding hydrogens is 862 g/mol. The van der Waals surface area contributed by atoms with Gasteiger partial charge >= 0.3 is 12.1 Å². The highest BCUT2D eigenvalue weighted by atomic mass is 28.3. The molecule has 360 valence electrons. The third-order valence-electron chi connectivity index (χ3n) is 15.3. The van der Waals surface area contributed by atoms with Crippen LogP contribution in [0, 0.1) is 22.7 Å². The van der Waals surface area contributed by atoms with Crippen molar-refractivity contribution >= 4 is 41.7 Å². The molecule has 2 saturated carbocycles. The quantitative estimate of drug-likeness (QED) is 0.0690. The van der Waals surface area contributed by atoms with Crippen LogP contribution in [0.1, 0.15) is 118 Å². The molecular formula is C54H72FN5O6Si. The molecule has 1 amide bonds. The highest BCUT2D eigenvalue weighted by molar-refractivity contribution is 6.90. The van der Waals surface area contributed by atoms with E-state index in [1.807, 2.05) is 43.9 Å². The molecule has 4 aromatic rings. The summed E-state index contributed by atoms with van der Waals surface area (Å²) in [6, 6.07) is 12.4. The van der Waals surface area contributed by atoms with Crippen LogP contribution < -0.4 is 14.4 Å². The van der Waals surface area contributed by atoms with Crippen molar-refractivity contribution in [3.8, 4) is 34.4 Å². The second kappa shape index (κ2) is 18.8. The molecule has 1 aromatic heterocycles. The van der Waals surface area contributed by atoms with Gasteiger partial charge in [-0.3, -0.25) is 9.80 Å². The van der Waals surface area contributed by atoms with Gasteiger partial charge in [0.05, 0.1) is 31.9 Å². The first kappa shape index (κ1) is 47.6. The number of methoxy groups -OCH3 is 1. The van der Waals surface area contributed by atoms with E-state index in [0.717, 1.165) is 98.8 Å². The fourth-order valence-electron chi connectivity index (χ4n) is 11.7. The van der Waals surface area contributed by atoms with Crippen molar-refractivity contribution in [1.29, 1.82) is 0 Å². The first-order chi connectivity index (χ1) is 32.0. The highest BCUT2D eigenvalue weighted by Gasteiger charge is 2.47. The van der Waals surface area contributed by atoms with E-state index < -0.39 is 19.5 Å². The molecule has 2 unspecified atom stereocenters. The maximum Gasteiger partial charge on any atom is 0.410 e. The summed E-state index contributed by atoms with van der Waals surface area (Å²) in [6.45, 7) is 25.5. The number of carbonyl (C=O) groups excluding carboxylic acids is 1. The van der Waals surface area contributed by atoms with Crippen LogP contribution >= 0.6 is 0 Å². The Kier molecular flexibility index (Phi) is 13.3. The molecule has 13 heteroatoms. The maximum atomic E-state index is 18.6. The van der Waals surface area contributed by atoms with Crippen LogP contribution in [-0.4, -0.2) is 118 Å². The topological polar surface area (TPSA) is 98.7 Å². The van der Waals surface area contributed by atoms with E-state index in [1.165, 1.54) is 0 Å². The van der Waals surface area contributed by atoms with Crippen molar-refractivity contribution in [3.63, 3.8) is 0 Å². The van der Waals surface area contributed by atoms with Gasteiger partial charge in [-0.2, -0.15) is 9.97 Å². The molecule has 11 nitrogen and oxygen atoms in total. The molecule has 0 spiro atoms. The maximum absolute atomic E-state index is 18.6. The van der Waals surface area contributed by atoms with Gasteiger partial charge in [-0.15, -0.1) is 5.54 Å². The molecule has 2 bridgehead atoms. The number of anilines is 1. The predicted molar refractivity (Wildman–Crippen MR) is 266 cm³/mol. The summed E-state index contributed by atoms with van der Waals surface area (Å²) in [7, 11) is -0.521. The van der Waals surface area contributed by atoms with Gasteiger partial charge in [0.1, 0.15) is 30.8 Å². The van der Waals surface area contributed by atoms with E-state index in [-0.39, 0.29) is 47.8 Å². The van der Waals surface area contributed by atoms with Gasteiger partial charge in [0.15, 0.2) is 12.6 Å². The minimum atomic E-state index is -2.12. The second-order valence-corrected chi connectivity index (χ2v) is 27.7. The molecule has 2 atom stereocenters. The Morgan fingerprint density at radius 3 is 2.24 bits per heavy atom.